The molecule has 0 amide bonds. The van der Waals surface area contributed by atoms with E-state index in [4.69, 9.17) is 36.0 Å². The van der Waals surface area contributed by atoms with Crippen LogP contribution in [0.15, 0.2) is 130 Å². The van der Waals surface area contributed by atoms with Gasteiger partial charge in [-0.1, -0.05) is 12.1 Å². The van der Waals surface area contributed by atoms with E-state index in [-0.39, 0.29) is 5.41 Å². The molecule has 2 aliphatic rings. The summed E-state index contributed by atoms with van der Waals surface area (Å²) in [7, 11) is -2.25. The molecule has 8 nitrogen and oxygen atoms in total. The van der Waals surface area contributed by atoms with Crippen molar-refractivity contribution in [2.24, 2.45) is 0 Å². The SMILES string of the molecule is COc1cc(-c2cc(Op3oc4ccccc4c4ccccc4o3)c(C(C)(C)C)cc2OC)c2c(c1)C(C)(C)[PH]1(Oc3ccccc3-c3ccccc3O1)O2. The van der Waals surface area contributed by atoms with Crippen LogP contribution < -0.4 is 27.6 Å². The molecule has 0 saturated carbocycles. The van der Waals surface area contributed by atoms with Crippen LogP contribution in [0.3, 0.4) is 0 Å². The second kappa shape index (κ2) is 13.0. The summed E-state index contributed by atoms with van der Waals surface area (Å²) in [5.74, 6) is 3.95. The molecule has 0 fully saturated rings. The molecule has 0 radical (unpaired) electrons. The molecule has 6 aromatic carbocycles. The first-order chi connectivity index (χ1) is 26.5. The van der Waals surface area contributed by atoms with Crippen LogP contribution in [0, 0.1) is 0 Å². The predicted octanol–water partition coefficient (Wildman–Crippen LogP) is 13.4. The molecule has 1 aromatic heterocycles. The van der Waals surface area contributed by atoms with Gasteiger partial charge in [0.2, 0.25) is 0 Å². The summed E-state index contributed by atoms with van der Waals surface area (Å²) in [5, 5.41) is 1.17. The average Bonchev–Trinajstić information content (AvgIpc) is 3.29. The fourth-order valence-corrected chi connectivity index (χ4v) is 11.4. The molecule has 2 aliphatic heterocycles. The van der Waals surface area contributed by atoms with Crippen LogP contribution in [0.4, 0.5) is 0 Å². The maximum atomic E-state index is 7.21. The van der Waals surface area contributed by atoms with Crippen molar-refractivity contribution in [3.05, 3.63) is 132 Å². The van der Waals surface area contributed by atoms with E-state index in [0.29, 0.717) is 45.7 Å². The number of benzene rings is 6. The predicted molar refractivity (Wildman–Crippen MR) is 221 cm³/mol. The number of hydrogen-bond acceptors (Lipinski definition) is 8. The molecule has 0 N–H and O–H groups in total. The van der Waals surface area contributed by atoms with E-state index in [1.54, 1.807) is 14.2 Å². The molecule has 0 atom stereocenters. The van der Waals surface area contributed by atoms with Gasteiger partial charge in [-0.3, -0.25) is 0 Å². The molecule has 0 bridgehead atoms. The van der Waals surface area contributed by atoms with Gasteiger partial charge in [0.25, 0.3) is 0 Å². The average molecular weight is 773 g/mol. The number of hydrogen-bond donors (Lipinski definition) is 0. The first-order valence-electron chi connectivity index (χ1n) is 18.2. The molecule has 10 heteroatoms. The van der Waals surface area contributed by atoms with E-state index in [0.717, 1.165) is 44.2 Å². The Labute approximate surface area is 321 Å². The van der Waals surface area contributed by atoms with Crippen molar-refractivity contribution in [1.29, 1.82) is 0 Å². The van der Waals surface area contributed by atoms with Gasteiger partial charge < -0.3 is 0 Å². The van der Waals surface area contributed by atoms with E-state index in [9.17, 15) is 0 Å². The van der Waals surface area contributed by atoms with Crippen LogP contribution >= 0.6 is 16.2 Å². The van der Waals surface area contributed by atoms with Crippen molar-refractivity contribution < 1.29 is 36.0 Å². The molecule has 0 aliphatic carbocycles. The van der Waals surface area contributed by atoms with Gasteiger partial charge in [0.05, 0.1) is 0 Å². The Morgan fingerprint density at radius 2 is 1.15 bits per heavy atom. The molecule has 280 valence electrons. The van der Waals surface area contributed by atoms with Crippen LogP contribution in [0.25, 0.3) is 44.2 Å². The number of ether oxygens (including phenoxy) is 2. The van der Waals surface area contributed by atoms with Crippen LogP contribution in [0.1, 0.15) is 45.7 Å². The van der Waals surface area contributed by atoms with Gasteiger partial charge in [-0.15, -0.1) is 0 Å². The molecular weight excluding hydrogens is 730 g/mol. The molecule has 7 aromatic rings. The van der Waals surface area contributed by atoms with Gasteiger partial charge in [-0.05, 0) is 0 Å². The summed E-state index contributed by atoms with van der Waals surface area (Å²) in [6.07, 6.45) is 0. The van der Waals surface area contributed by atoms with Gasteiger partial charge in [-0.2, -0.15) is 0 Å². The van der Waals surface area contributed by atoms with E-state index in [2.05, 4.69) is 46.8 Å². The van der Waals surface area contributed by atoms with Crippen molar-refractivity contribution in [2.75, 3.05) is 14.2 Å². The minimum atomic E-state index is -3.66. The van der Waals surface area contributed by atoms with Crippen LogP contribution in [0.2, 0.25) is 0 Å². The van der Waals surface area contributed by atoms with Gasteiger partial charge in [-0.25, -0.2) is 0 Å². The summed E-state index contributed by atoms with van der Waals surface area (Å²) >= 11 is 0. The Morgan fingerprint density at radius 3 is 1.71 bits per heavy atom. The van der Waals surface area contributed by atoms with Crippen LogP contribution in [-0.2, 0) is 10.6 Å². The zero-order valence-corrected chi connectivity index (χ0v) is 33.7. The number of methoxy groups -OCH3 is 2. The summed E-state index contributed by atoms with van der Waals surface area (Å²) in [6, 6.07) is 39.9. The fourth-order valence-electron chi connectivity index (χ4n) is 7.52. The zero-order chi connectivity index (χ0) is 38.1. The second-order valence-electron chi connectivity index (χ2n) is 15.3. The Kier molecular flexibility index (Phi) is 8.34. The molecule has 1 spiro atoms. The third kappa shape index (κ3) is 5.78. The van der Waals surface area contributed by atoms with Gasteiger partial charge in [0, 0.05) is 0 Å². The number of rotatable bonds is 5. The van der Waals surface area contributed by atoms with Crippen molar-refractivity contribution in [3.63, 3.8) is 0 Å². The first kappa shape index (κ1) is 35.2. The maximum absolute atomic E-state index is 7.21. The Balaban J connectivity index is 1.24. The molecule has 0 unspecified atom stereocenters. The minimum absolute atomic E-state index is 0.341. The van der Waals surface area contributed by atoms with E-state index < -0.39 is 21.3 Å². The number of fused-ring (bicyclic) bond motifs is 7. The second-order valence-corrected chi connectivity index (χ2v) is 19.3. The Hall–Kier alpha value is -5.55. The molecule has 55 heavy (non-hydrogen) atoms. The van der Waals surface area contributed by atoms with Gasteiger partial charge in [0.1, 0.15) is 0 Å². The zero-order valence-electron chi connectivity index (χ0n) is 31.8. The van der Waals surface area contributed by atoms with Crippen molar-refractivity contribution >= 4 is 38.1 Å². The number of para-hydroxylation sites is 4. The summed E-state index contributed by atoms with van der Waals surface area (Å²) in [5.41, 5.74) is 6.25. The first-order valence-corrected chi connectivity index (χ1v) is 21.0. The molecule has 9 rings (SSSR count). The Morgan fingerprint density at radius 1 is 0.582 bits per heavy atom. The molecule has 3 heterocycles. The summed E-state index contributed by atoms with van der Waals surface area (Å²) < 4.78 is 53.3. The van der Waals surface area contributed by atoms with E-state index in [1.165, 1.54) is 0 Å². The quantitative estimate of drug-likeness (QED) is 0.160. The van der Waals surface area contributed by atoms with Crippen molar-refractivity contribution in [1.82, 2.24) is 0 Å². The third-order valence-electron chi connectivity index (χ3n) is 10.5. The standard InChI is InChI=1S/C45H42O8P2/c1-44(2,3)35-27-41(47-7)33(26-42(35)50-54-48-37-20-12-8-16-29(37)30-17-9-13-21-38(30)49-54)34-24-28(46-6)25-36-43(34)53-55(45(36,4)5)51-39-22-14-10-18-31(39)32-19-11-15-23-40(32)52-55/h8-27,55H,1-7H3. The summed E-state index contributed by atoms with van der Waals surface area (Å²) in [4.78, 5) is 0. The fraction of sp³-hybridized carbons (Fsp3) is 0.200. The van der Waals surface area contributed by atoms with Crippen molar-refractivity contribution in [3.8, 4) is 56.8 Å². The molecule has 0 saturated heterocycles. The van der Waals surface area contributed by atoms with E-state index >= 15 is 0 Å². The topological polar surface area (TPSA) is 81.7 Å². The van der Waals surface area contributed by atoms with E-state index in [1.807, 2.05) is 109 Å². The third-order valence-corrected chi connectivity index (χ3v) is 14.8. The van der Waals surface area contributed by atoms with Crippen LogP contribution in [-0.4, -0.2) is 14.2 Å². The van der Waals surface area contributed by atoms with Crippen LogP contribution in [0.5, 0.6) is 34.5 Å². The normalized spacial score (nSPS) is 15.4. The monoisotopic (exact) mass is 772 g/mol. The summed E-state index contributed by atoms with van der Waals surface area (Å²) in [6.45, 7) is 10.7. The van der Waals surface area contributed by atoms with Crippen molar-refractivity contribution in [2.45, 2.75) is 45.2 Å². The molecular formula is C45H42O8P2. The van der Waals surface area contributed by atoms with Gasteiger partial charge >= 0.3 is 311 Å². The van der Waals surface area contributed by atoms with Gasteiger partial charge in [0.15, 0.2) is 0 Å². The Bertz CT molecular complexity index is 2570.